The minimum atomic E-state index is -4.64. The number of alkyl halides is 3. The molecule has 0 aliphatic rings. The first kappa shape index (κ1) is 23.1. The number of fused-ring (bicyclic) bond motifs is 1. The molecule has 0 unspecified atom stereocenters. The van der Waals surface area contributed by atoms with E-state index in [4.69, 9.17) is 23.2 Å². The highest BCUT2D eigenvalue weighted by Gasteiger charge is 2.31. The van der Waals surface area contributed by atoms with Crippen LogP contribution in [0.15, 0.2) is 35.3 Å². The average Bonchev–Trinajstić information content (AvgIpc) is 2.91. The van der Waals surface area contributed by atoms with Crippen LogP contribution in [0.2, 0.25) is 10.0 Å². The normalized spacial score (nSPS) is 11.8. The molecule has 0 spiro atoms. The molecule has 0 radical (unpaired) electrons. The van der Waals surface area contributed by atoms with Gasteiger partial charge in [-0.15, -0.1) is 0 Å². The number of benzene rings is 1. The summed E-state index contributed by atoms with van der Waals surface area (Å²) in [5.41, 5.74) is -0.0684. The number of hydrogen-bond acceptors (Lipinski definition) is 3. The van der Waals surface area contributed by atoms with Crippen molar-refractivity contribution in [2.45, 2.75) is 39.0 Å². The molecule has 3 rings (SSSR count). The lowest BCUT2D eigenvalue weighted by Gasteiger charge is -2.08. The second kappa shape index (κ2) is 9.32. The standard InChI is InChI=1S/C20H19Cl2F3N4O2/c1-2-3-4-26-17(30)10-28-18-16(29(19(28)31)11-20(23,24)25)7-13(9-27-18)12-5-14(21)8-15(22)6-12/h5-9H,2-4,10-11H2,1H3,(H,26,30). The van der Waals surface area contributed by atoms with E-state index in [2.05, 4.69) is 10.3 Å². The molecule has 1 N–H and O–H groups in total. The van der Waals surface area contributed by atoms with E-state index in [1.165, 1.54) is 18.3 Å². The lowest BCUT2D eigenvalue weighted by atomic mass is 10.1. The monoisotopic (exact) mass is 474 g/mol. The van der Waals surface area contributed by atoms with Crippen molar-refractivity contribution in [1.82, 2.24) is 19.4 Å². The number of nitrogens with zero attached hydrogens (tertiary/aromatic N) is 3. The van der Waals surface area contributed by atoms with E-state index < -0.39 is 30.9 Å². The van der Waals surface area contributed by atoms with Gasteiger partial charge < -0.3 is 5.32 Å². The molecule has 1 amide bonds. The summed E-state index contributed by atoms with van der Waals surface area (Å²) in [6, 6.07) is 6.09. The predicted molar refractivity (Wildman–Crippen MR) is 113 cm³/mol. The number of carbonyl (C=O) groups is 1. The first-order valence-electron chi connectivity index (χ1n) is 9.48. The highest BCUT2D eigenvalue weighted by Crippen LogP contribution is 2.29. The first-order chi connectivity index (χ1) is 14.6. The van der Waals surface area contributed by atoms with Crippen molar-refractivity contribution >= 4 is 40.3 Å². The van der Waals surface area contributed by atoms with Crippen molar-refractivity contribution in [3.8, 4) is 11.1 Å². The van der Waals surface area contributed by atoms with E-state index >= 15 is 0 Å². The molecule has 11 heteroatoms. The highest BCUT2D eigenvalue weighted by atomic mass is 35.5. The molecule has 0 atom stereocenters. The Hall–Kier alpha value is -2.52. The van der Waals surface area contributed by atoms with Crippen LogP contribution in [0.1, 0.15) is 19.8 Å². The molecule has 0 aliphatic heterocycles. The molecule has 6 nitrogen and oxygen atoms in total. The fourth-order valence-corrected chi connectivity index (χ4v) is 3.67. The van der Waals surface area contributed by atoms with Gasteiger partial charge in [0.1, 0.15) is 13.1 Å². The van der Waals surface area contributed by atoms with Crippen LogP contribution in [0, 0.1) is 0 Å². The highest BCUT2D eigenvalue weighted by molar-refractivity contribution is 6.35. The third-order valence-electron chi connectivity index (χ3n) is 4.54. The molecule has 0 fully saturated rings. The van der Waals surface area contributed by atoms with Gasteiger partial charge in [0.2, 0.25) is 5.91 Å². The molecule has 3 aromatic rings. The maximum absolute atomic E-state index is 13.2. The van der Waals surface area contributed by atoms with Gasteiger partial charge in [-0.25, -0.2) is 9.78 Å². The number of unbranched alkanes of at least 4 members (excludes halogenated alkanes) is 1. The van der Waals surface area contributed by atoms with Crippen LogP contribution in [-0.2, 0) is 17.9 Å². The van der Waals surface area contributed by atoms with E-state index in [1.54, 1.807) is 12.1 Å². The number of nitrogens with one attached hydrogen (secondary N) is 1. The molecule has 0 aliphatic carbocycles. The quantitative estimate of drug-likeness (QED) is 0.506. The summed E-state index contributed by atoms with van der Waals surface area (Å²) >= 11 is 12.0. The van der Waals surface area contributed by atoms with Crippen molar-refractivity contribution in [2.75, 3.05) is 6.54 Å². The maximum atomic E-state index is 13.2. The number of halogens is 5. The van der Waals surface area contributed by atoms with E-state index in [0.717, 1.165) is 17.4 Å². The van der Waals surface area contributed by atoms with Crippen LogP contribution in [0.4, 0.5) is 13.2 Å². The van der Waals surface area contributed by atoms with Gasteiger partial charge in [-0.05, 0) is 36.2 Å². The molecule has 2 heterocycles. The van der Waals surface area contributed by atoms with Crippen LogP contribution in [-0.4, -0.2) is 32.7 Å². The maximum Gasteiger partial charge on any atom is 0.406 e. The molecule has 0 saturated carbocycles. The average molecular weight is 475 g/mol. The zero-order valence-corrected chi connectivity index (χ0v) is 18.0. The predicted octanol–water partition coefficient (Wildman–Crippen LogP) is 4.65. The third kappa shape index (κ3) is 5.59. The Labute approximate surface area is 185 Å². The fourth-order valence-electron chi connectivity index (χ4n) is 3.15. The van der Waals surface area contributed by atoms with E-state index in [9.17, 15) is 22.8 Å². The van der Waals surface area contributed by atoms with Gasteiger partial charge in [-0.1, -0.05) is 36.5 Å². The third-order valence-corrected chi connectivity index (χ3v) is 4.98. The lowest BCUT2D eigenvalue weighted by Crippen LogP contribution is -2.35. The lowest BCUT2D eigenvalue weighted by molar-refractivity contribution is -0.140. The van der Waals surface area contributed by atoms with Crippen molar-refractivity contribution in [3.63, 3.8) is 0 Å². The molecule has 166 valence electrons. The molecule has 0 saturated heterocycles. The Balaban J connectivity index is 2.10. The zero-order valence-electron chi connectivity index (χ0n) is 16.5. The van der Waals surface area contributed by atoms with Gasteiger partial charge in [0.15, 0.2) is 5.65 Å². The van der Waals surface area contributed by atoms with Crippen molar-refractivity contribution in [2.24, 2.45) is 0 Å². The second-order valence-corrected chi connectivity index (χ2v) is 7.87. The largest absolute Gasteiger partial charge is 0.406 e. The summed E-state index contributed by atoms with van der Waals surface area (Å²) in [4.78, 5) is 29.1. The fraction of sp³-hybridized carbons (Fsp3) is 0.350. The van der Waals surface area contributed by atoms with E-state index in [-0.39, 0.29) is 11.2 Å². The van der Waals surface area contributed by atoms with Crippen LogP contribution in [0.25, 0.3) is 22.3 Å². The van der Waals surface area contributed by atoms with Crippen molar-refractivity contribution in [1.29, 1.82) is 0 Å². The summed E-state index contributed by atoms with van der Waals surface area (Å²) in [6.45, 7) is 0.432. The van der Waals surface area contributed by atoms with Crippen LogP contribution in [0.3, 0.4) is 0 Å². The Morgan fingerprint density at radius 3 is 2.39 bits per heavy atom. The SMILES string of the molecule is CCCCNC(=O)Cn1c(=O)n(CC(F)(F)F)c2cc(-c3cc(Cl)cc(Cl)c3)cnc21. The minimum absolute atomic E-state index is 0.0169. The van der Waals surface area contributed by atoms with Gasteiger partial charge in [-0.3, -0.25) is 13.9 Å². The Morgan fingerprint density at radius 2 is 1.77 bits per heavy atom. The number of carbonyl (C=O) groups excluding carboxylic acids is 1. The Kier molecular flexibility index (Phi) is 6.96. The van der Waals surface area contributed by atoms with Crippen LogP contribution in [0.5, 0.6) is 0 Å². The molecular formula is C20H19Cl2F3N4O2. The number of amides is 1. The second-order valence-electron chi connectivity index (χ2n) is 7.00. The number of pyridine rings is 1. The summed E-state index contributed by atoms with van der Waals surface area (Å²) in [7, 11) is 0. The number of imidazole rings is 1. The van der Waals surface area contributed by atoms with Crippen LogP contribution < -0.4 is 11.0 Å². The summed E-state index contributed by atoms with van der Waals surface area (Å²) in [5.74, 6) is -0.478. The first-order valence-corrected chi connectivity index (χ1v) is 10.2. The molecule has 0 bridgehead atoms. The topological polar surface area (TPSA) is 68.9 Å². The smallest absolute Gasteiger partial charge is 0.355 e. The number of hydrogen-bond donors (Lipinski definition) is 1. The molecule has 1 aromatic carbocycles. The van der Waals surface area contributed by atoms with Crippen LogP contribution >= 0.6 is 23.2 Å². The summed E-state index contributed by atoms with van der Waals surface area (Å²) < 4.78 is 41.0. The van der Waals surface area contributed by atoms with Crippen molar-refractivity contribution in [3.05, 3.63) is 51.0 Å². The molecule has 31 heavy (non-hydrogen) atoms. The van der Waals surface area contributed by atoms with Crippen molar-refractivity contribution < 1.29 is 18.0 Å². The summed E-state index contributed by atoms with van der Waals surface area (Å²) in [5, 5.41) is 3.33. The number of rotatable bonds is 7. The summed E-state index contributed by atoms with van der Waals surface area (Å²) in [6.07, 6.45) is -1.63. The van der Waals surface area contributed by atoms with Gasteiger partial charge >= 0.3 is 11.9 Å². The molecule has 2 aromatic heterocycles. The Morgan fingerprint density at radius 1 is 1.10 bits per heavy atom. The van der Waals surface area contributed by atoms with Gasteiger partial charge in [0, 0.05) is 28.4 Å². The van der Waals surface area contributed by atoms with Gasteiger partial charge in [0.05, 0.1) is 5.52 Å². The Bertz CT molecular complexity index is 1150. The van der Waals surface area contributed by atoms with Gasteiger partial charge in [0.25, 0.3) is 0 Å². The zero-order chi connectivity index (χ0) is 22.8. The van der Waals surface area contributed by atoms with E-state index in [0.29, 0.717) is 32.3 Å². The minimum Gasteiger partial charge on any atom is -0.355 e. The van der Waals surface area contributed by atoms with Gasteiger partial charge in [-0.2, -0.15) is 13.2 Å². The number of aromatic nitrogens is 3. The molecular weight excluding hydrogens is 456 g/mol. The van der Waals surface area contributed by atoms with E-state index in [1.807, 2.05) is 6.92 Å².